The van der Waals surface area contributed by atoms with Gasteiger partial charge < -0.3 is 15.3 Å². The molecule has 0 unspecified atom stereocenters. The van der Waals surface area contributed by atoms with Crippen LogP contribution in [0.1, 0.15) is 16.7 Å². The SMILES string of the molecule is N#Cc1ccc([O-])cc1.N#Cc1ccc([O-])cc1.N#Cc1ccc([O-])cc1.[Al+3]. The fraction of sp³-hybridized carbons (Fsp3) is 0. The third kappa shape index (κ3) is 9.52. The molecule has 0 heterocycles. The van der Waals surface area contributed by atoms with Gasteiger partial charge in [0.2, 0.25) is 0 Å². The van der Waals surface area contributed by atoms with Crippen molar-refractivity contribution < 1.29 is 15.3 Å². The second-order valence-electron chi connectivity index (χ2n) is 4.91. The quantitative estimate of drug-likeness (QED) is 0.541. The summed E-state index contributed by atoms with van der Waals surface area (Å²) in [5.74, 6) is -0.183. The maximum Gasteiger partial charge on any atom is 3.00 e. The van der Waals surface area contributed by atoms with Crippen molar-refractivity contribution in [3.63, 3.8) is 0 Å². The summed E-state index contributed by atoms with van der Waals surface area (Å²) in [5.41, 5.74) is 1.57. The Labute approximate surface area is 173 Å². The standard InChI is InChI=1S/3C7H5NO.Al/c3*8-5-6-1-3-7(9)4-2-6;/h3*1-4,9H;/q;;;+3/p-3. The normalized spacial score (nSPS) is 8.04. The molecule has 0 saturated heterocycles. The Morgan fingerprint density at radius 1 is 0.429 bits per heavy atom. The molecule has 3 aromatic rings. The summed E-state index contributed by atoms with van der Waals surface area (Å²) in [4.78, 5) is 0. The monoisotopic (exact) mass is 381 g/mol. The molecule has 0 N–H and O–H groups in total. The fourth-order valence-corrected chi connectivity index (χ4v) is 1.59. The fourth-order valence-electron chi connectivity index (χ4n) is 1.59. The number of benzene rings is 3. The predicted molar refractivity (Wildman–Crippen MR) is 97.6 cm³/mol. The Morgan fingerprint density at radius 3 is 0.750 bits per heavy atom. The van der Waals surface area contributed by atoms with Gasteiger partial charge in [-0.25, -0.2) is 0 Å². The van der Waals surface area contributed by atoms with Gasteiger partial charge in [0, 0.05) is 0 Å². The van der Waals surface area contributed by atoms with Crippen molar-refractivity contribution in [3.05, 3.63) is 89.5 Å². The van der Waals surface area contributed by atoms with Crippen LogP contribution >= 0.6 is 0 Å². The van der Waals surface area contributed by atoms with Gasteiger partial charge >= 0.3 is 17.4 Å². The minimum atomic E-state index is -0.0611. The van der Waals surface area contributed by atoms with E-state index >= 15 is 0 Å². The molecule has 0 amide bonds. The second kappa shape index (κ2) is 13.3. The van der Waals surface area contributed by atoms with Crippen molar-refractivity contribution in [2.75, 3.05) is 0 Å². The third-order valence-corrected chi connectivity index (χ3v) is 2.95. The average Bonchev–Trinajstić information content (AvgIpc) is 2.71. The molecule has 3 rings (SSSR count). The van der Waals surface area contributed by atoms with Crippen LogP contribution in [0.4, 0.5) is 0 Å². The molecule has 0 bridgehead atoms. The van der Waals surface area contributed by atoms with E-state index in [0.717, 1.165) is 0 Å². The largest absolute Gasteiger partial charge is 3.00 e. The van der Waals surface area contributed by atoms with Gasteiger partial charge in [-0.3, -0.25) is 0 Å². The number of rotatable bonds is 0. The van der Waals surface area contributed by atoms with Gasteiger partial charge in [-0.2, -0.15) is 15.8 Å². The molecule has 3 aromatic carbocycles. The van der Waals surface area contributed by atoms with Crippen LogP contribution in [0.25, 0.3) is 0 Å². The molecule has 0 fully saturated rings. The Balaban J connectivity index is 0.000000384. The number of hydrogen-bond acceptors (Lipinski definition) is 6. The van der Waals surface area contributed by atoms with Crippen LogP contribution in [-0.4, -0.2) is 17.4 Å². The van der Waals surface area contributed by atoms with E-state index in [-0.39, 0.29) is 34.6 Å². The molecule has 0 saturated carbocycles. The molecule has 0 aliphatic carbocycles. The molecule has 6 nitrogen and oxygen atoms in total. The topological polar surface area (TPSA) is 141 Å². The van der Waals surface area contributed by atoms with Gasteiger partial charge in [0.15, 0.2) is 0 Å². The first-order valence-corrected chi connectivity index (χ1v) is 7.50. The van der Waals surface area contributed by atoms with Gasteiger partial charge in [-0.1, -0.05) is 36.4 Å². The summed E-state index contributed by atoms with van der Waals surface area (Å²) in [6.07, 6.45) is 0. The van der Waals surface area contributed by atoms with Crippen LogP contribution in [0.15, 0.2) is 72.8 Å². The van der Waals surface area contributed by atoms with E-state index in [1.54, 1.807) is 0 Å². The van der Waals surface area contributed by atoms with Crippen LogP contribution < -0.4 is 15.3 Å². The van der Waals surface area contributed by atoms with E-state index in [1.807, 2.05) is 18.2 Å². The molecule has 0 aliphatic rings. The summed E-state index contributed by atoms with van der Waals surface area (Å²) >= 11 is 0. The zero-order valence-corrected chi connectivity index (χ0v) is 15.7. The molecule has 28 heavy (non-hydrogen) atoms. The van der Waals surface area contributed by atoms with E-state index in [2.05, 4.69) is 0 Å². The van der Waals surface area contributed by atoms with Gasteiger partial charge in [0.05, 0.1) is 34.9 Å². The van der Waals surface area contributed by atoms with E-state index in [0.29, 0.717) is 16.7 Å². The van der Waals surface area contributed by atoms with Crippen LogP contribution in [0.3, 0.4) is 0 Å². The van der Waals surface area contributed by atoms with Crippen molar-refractivity contribution in [1.29, 1.82) is 15.8 Å². The zero-order chi connectivity index (χ0) is 20.1. The van der Waals surface area contributed by atoms with E-state index in [4.69, 9.17) is 15.8 Å². The Bertz CT molecular complexity index is 834. The average molecular weight is 381 g/mol. The van der Waals surface area contributed by atoms with Gasteiger partial charge in [0.25, 0.3) is 0 Å². The van der Waals surface area contributed by atoms with E-state index in [1.165, 1.54) is 72.8 Å². The number of hydrogen-bond donors (Lipinski definition) is 0. The van der Waals surface area contributed by atoms with Crippen LogP contribution in [0.2, 0.25) is 0 Å². The van der Waals surface area contributed by atoms with E-state index < -0.39 is 0 Å². The summed E-state index contributed by atoms with van der Waals surface area (Å²) in [6.45, 7) is 0. The van der Waals surface area contributed by atoms with Crippen molar-refractivity contribution >= 4 is 17.4 Å². The summed E-state index contributed by atoms with van der Waals surface area (Å²) < 4.78 is 0. The van der Waals surface area contributed by atoms with Crippen molar-refractivity contribution in [2.24, 2.45) is 0 Å². The predicted octanol–water partition coefficient (Wildman–Crippen LogP) is 1.51. The first kappa shape index (κ1) is 24.1. The number of nitrogens with zero attached hydrogens (tertiary/aromatic N) is 3. The van der Waals surface area contributed by atoms with Crippen molar-refractivity contribution in [1.82, 2.24) is 0 Å². The summed E-state index contributed by atoms with van der Waals surface area (Å²) in [6, 6.07) is 23.0. The first-order valence-electron chi connectivity index (χ1n) is 7.50. The van der Waals surface area contributed by atoms with Gasteiger partial charge in [0.1, 0.15) is 0 Å². The van der Waals surface area contributed by atoms with Crippen molar-refractivity contribution in [3.8, 4) is 35.5 Å². The molecular weight excluding hydrogens is 369 g/mol. The molecule has 0 aliphatic heterocycles. The van der Waals surface area contributed by atoms with Crippen molar-refractivity contribution in [2.45, 2.75) is 0 Å². The minimum absolute atomic E-state index is 0. The maximum absolute atomic E-state index is 10.4. The summed E-state index contributed by atoms with van der Waals surface area (Å²) in [5, 5.41) is 56.1. The van der Waals surface area contributed by atoms with Gasteiger partial charge in [-0.15, -0.1) is 17.2 Å². The number of nitriles is 3. The van der Waals surface area contributed by atoms with Crippen LogP contribution in [-0.2, 0) is 0 Å². The Kier molecular flexibility index (Phi) is 11.4. The molecule has 0 atom stereocenters. The summed E-state index contributed by atoms with van der Waals surface area (Å²) in [7, 11) is 0. The minimum Gasteiger partial charge on any atom is -0.872 e. The van der Waals surface area contributed by atoms with Crippen LogP contribution in [0, 0.1) is 34.0 Å². The van der Waals surface area contributed by atoms with Crippen LogP contribution in [0.5, 0.6) is 17.2 Å². The zero-order valence-electron chi connectivity index (χ0n) is 14.6. The molecule has 132 valence electrons. The Hall–Kier alpha value is -3.94. The van der Waals surface area contributed by atoms with E-state index in [9.17, 15) is 15.3 Å². The first-order chi connectivity index (χ1) is 13.0. The molecule has 0 aromatic heterocycles. The molecule has 0 spiro atoms. The smallest absolute Gasteiger partial charge is 0.872 e. The third-order valence-electron chi connectivity index (χ3n) is 2.95. The maximum atomic E-state index is 10.4. The Morgan fingerprint density at radius 2 is 0.607 bits per heavy atom. The second-order valence-corrected chi connectivity index (χ2v) is 4.91. The van der Waals surface area contributed by atoms with Gasteiger partial charge in [-0.05, 0) is 36.4 Å². The molecule has 7 heteroatoms. The molecule has 0 radical (unpaired) electrons. The molecular formula is C21H12AlN3O3.